The summed E-state index contributed by atoms with van der Waals surface area (Å²) < 4.78 is 21.2. The van der Waals surface area contributed by atoms with Gasteiger partial charge in [-0.25, -0.2) is 0 Å². The van der Waals surface area contributed by atoms with Crippen LogP contribution in [0.5, 0.6) is 51.7 Å². The molecule has 0 fully saturated rings. The molecule has 0 bridgehead atoms. The van der Waals surface area contributed by atoms with Crippen LogP contribution in [0.15, 0.2) is 75.9 Å². The topological polar surface area (TPSA) is 196 Å². The van der Waals surface area contributed by atoms with Crippen molar-refractivity contribution in [2.45, 2.75) is 12.5 Å². The van der Waals surface area contributed by atoms with Gasteiger partial charge in [0.2, 0.25) is 0 Å². The third-order valence-corrected chi connectivity index (χ3v) is 6.82. The van der Waals surface area contributed by atoms with Crippen LogP contribution in [0.25, 0.3) is 22.3 Å². The number of ether oxygens (including phenoxy) is 3. The van der Waals surface area contributed by atoms with Crippen molar-refractivity contribution in [1.82, 2.24) is 0 Å². The second kappa shape index (κ2) is 11.7. The van der Waals surface area contributed by atoms with Crippen molar-refractivity contribution in [2.24, 2.45) is 0 Å². The number of methoxy groups -OCH3 is 2. The van der Waals surface area contributed by atoms with Gasteiger partial charge in [-0.05, 0) is 35.9 Å². The van der Waals surface area contributed by atoms with Crippen molar-refractivity contribution in [3.8, 4) is 63.1 Å². The van der Waals surface area contributed by atoms with Gasteiger partial charge in [-0.1, -0.05) is 6.07 Å². The lowest BCUT2D eigenvalue weighted by molar-refractivity contribution is 0.0844. The Kier molecular flexibility index (Phi) is 7.82. The van der Waals surface area contributed by atoms with Gasteiger partial charge in [-0.3, -0.25) is 9.59 Å². The lowest BCUT2D eigenvalue weighted by atomic mass is 9.95. The van der Waals surface area contributed by atoms with Crippen LogP contribution in [0.4, 0.5) is 0 Å². The van der Waals surface area contributed by atoms with E-state index in [-0.39, 0.29) is 74.7 Å². The van der Waals surface area contributed by atoms with E-state index >= 15 is 0 Å². The average Bonchev–Trinajstić information content (AvgIpc) is 2.96. The Morgan fingerprint density at radius 1 is 0.705 bits per heavy atom. The maximum absolute atomic E-state index is 12.2. The fourth-order valence-electron chi connectivity index (χ4n) is 4.76. The number of benzene rings is 4. The number of phenols is 6. The van der Waals surface area contributed by atoms with Gasteiger partial charge >= 0.3 is 0 Å². The number of rotatable bonds is 4. The molecular formula is C32H26O12. The lowest BCUT2D eigenvalue weighted by Gasteiger charge is -2.26. The van der Waals surface area contributed by atoms with Crippen molar-refractivity contribution in [3.63, 3.8) is 0 Å². The molecule has 1 aliphatic heterocycles. The summed E-state index contributed by atoms with van der Waals surface area (Å²) in [4.78, 5) is 24.3. The maximum atomic E-state index is 12.2. The second-order valence-electron chi connectivity index (χ2n) is 9.70. The van der Waals surface area contributed by atoms with E-state index in [0.29, 0.717) is 22.6 Å². The average molecular weight is 603 g/mol. The summed E-state index contributed by atoms with van der Waals surface area (Å²) in [6.07, 6.45) is -0.588. The number of fused-ring (bicyclic) bond motifs is 2. The molecule has 2 heterocycles. The maximum Gasteiger partial charge on any atom is 0.197 e. The van der Waals surface area contributed by atoms with Crippen LogP contribution >= 0.6 is 0 Å². The Morgan fingerprint density at radius 3 is 2.00 bits per heavy atom. The monoisotopic (exact) mass is 602 g/mol. The summed E-state index contributed by atoms with van der Waals surface area (Å²) in [7, 11) is 2.87. The molecule has 1 aliphatic rings. The van der Waals surface area contributed by atoms with Crippen LogP contribution in [0, 0.1) is 0 Å². The van der Waals surface area contributed by atoms with Crippen molar-refractivity contribution >= 4 is 16.8 Å². The number of aromatic hydroxyl groups is 6. The van der Waals surface area contributed by atoms with Crippen LogP contribution in [0.2, 0.25) is 0 Å². The lowest BCUT2D eigenvalue weighted by Crippen LogP contribution is -2.20. The minimum atomic E-state index is -0.613. The van der Waals surface area contributed by atoms with Crippen molar-refractivity contribution in [2.75, 3.05) is 14.2 Å². The number of hydrogen-bond acceptors (Lipinski definition) is 12. The van der Waals surface area contributed by atoms with Gasteiger partial charge in [0.1, 0.15) is 57.1 Å². The highest BCUT2D eigenvalue weighted by Gasteiger charge is 2.31. The summed E-state index contributed by atoms with van der Waals surface area (Å²) in [6.45, 7) is 0. The van der Waals surface area contributed by atoms with Crippen LogP contribution in [-0.2, 0) is 0 Å². The summed E-state index contributed by atoms with van der Waals surface area (Å²) in [5, 5.41) is 58.1. The molecule has 226 valence electrons. The van der Waals surface area contributed by atoms with E-state index < -0.39 is 11.5 Å². The molecule has 0 aliphatic carbocycles. The Bertz CT molecular complexity index is 1960. The summed E-state index contributed by atoms with van der Waals surface area (Å²) in [5.41, 5.74) is 0.714. The quantitative estimate of drug-likeness (QED) is 0.159. The molecule has 4 aromatic carbocycles. The van der Waals surface area contributed by atoms with Crippen LogP contribution in [0.3, 0.4) is 0 Å². The molecule has 0 amide bonds. The van der Waals surface area contributed by atoms with Crippen LogP contribution in [-0.4, -0.2) is 50.6 Å². The highest BCUT2D eigenvalue weighted by molar-refractivity contribution is 6.02. The van der Waals surface area contributed by atoms with Crippen molar-refractivity contribution in [3.05, 3.63) is 88.1 Å². The molecule has 1 aromatic heterocycles. The highest BCUT2D eigenvalue weighted by atomic mass is 16.5. The Hall–Kier alpha value is -6.04. The first-order valence-corrected chi connectivity index (χ1v) is 13.0. The van der Waals surface area contributed by atoms with E-state index in [4.69, 9.17) is 18.6 Å². The fraction of sp³-hybridized carbons (Fsp3) is 0.125. The Balaban J connectivity index is 0.000000175. The highest BCUT2D eigenvalue weighted by Crippen LogP contribution is 2.42. The SMILES string of the molecule is COc1ccc(-c2cc(=O)c3c(O)cc(O)cc3o2)cc1O.COc1ccc([C@@H]2CC(=O)c3c(O)cc(O)cc3O2)cc1O. The van der Waals surface area contributed by atoms with E-state index in [2.05, 4.69) is 0 Å². The van der Waals surface area contributed by atoms with Gasteiger partial charge in [-0.2, -0.15) is 0 Å². The number of hydrogen-bond donors (Lipinski definition) is 6. The van der Waals surface area contributed by atoms with Gasteiger partial charge < -0.3 is 49.3 Å². The first-order valence-electron chi connectivity index (χ1n) is 13.0. The standard InChI is InChI=1S/C16H14O6.C16H12O6/c2*1-21-13-3-2-8(4-10(13)18)14-7-12(20)16-11(19)5-9(17)6-15(16)22-14/h2-6,14,17-19H,7H2,1H3;2-7,17-19H,1H3/t14-;/m0./s1. The number of ketones is 1. The van der Waals surface area contributed by atoms with E-state index in [1.807, 2.05) is 0 Å². The molecule has 0 spiro atoms. The second-order valence-corrected chi connectivity index (χ2v) is 9.70. The van der Waals surface area contributed by atoms with Gasteiger partial charge in [0.15, 0.2) is 34.2 Å². The molecule has 0 saturated heterocycles. The molecule has 0 saturated carbocycles. The van der Waals surface area contributed by atoms with E-state index in [1.165, 1.54) is 50.6 Å². The number of phenolic OH excluding ortho intramolecular Hbond substituents is 6. The zero-order valence-corrected chi connectivity index (χ0v) is 23.3. The van der Waals surface area contributed by atoms with Gasteiger partial charge in [0.25, 0.3) is 0 Å². The van der Waals surface area contributed by atoms with Gasteiger partial charge in [0, 0.05) is 35.9 Å². The molecule has 12 heteroatoms. The van der Waals surface area contributed by atoms with Gasteiger partial charge in [0.05, 0.1) is 20.6 Å². The zero-order valence-electron chi connectivity index (χ0n) is 23.3. The molecular weight excluding hydrogens is 576 g/mol. The van der Waals surface area contributed by atoms with E-state index in [0.717, 1.165) is 12.1 Å². The number of carbonyl (C=O) groups is 1. The number of Topliss-reactive ketones (excluding diaryl/α,β-unsaturated/α-hetero) is 1. The predicted octanol–water partition coefficient (Wildman–Crippen LogP) is 5.10. The summed E-state index contributed by atoms with van der Waals surface area (Å²) >= 11 is 0. The Morgan fingerprint density at radius 2 is 1.34 bits per heavy atom. The molecule has 6 N–H and O–H groups in total. The summed E-state index contributed by atoms with van der Waals surface area (Å²) in [6, 6.07) is 15.2. The molecule has 12 nitrogen and oxygen atoms in total. The van der Waals surface area contributed by atoms with E-state index in [1.54, 1.807) is 18.2 Å². The minimum Gasteiger partial charge on any atom is -0.508 e. The smallest absolute Gasteiger partial charge is 0.197 e. The van der Waals surface area contributed by atoms with Gasteiger partial charge in [-0.15, -0.1) is 0 Å². The third kappa shape index (κ3) is 5.68. The Labute approximate surface area is 248 Å². The van der Waals surface area contributed by atoms with E-state index in [9.17, 15) is 40.2 Å². The fourth-order valence-corrected chi connectivity index (χ4v) is 4.76. The zero-order chi connectivity index (χ0) is 31.7. The number of carbonyl (C=O) groups excluding carboxylic acids is 1. The normalized spacial score (nSPS) is 13.8. The summed E-state index contributed by atoms with van der Waals surface area (Å²) in [5.74, 6) is -0.589. The molecule has 0 unspecified atom stereocenters. The molecule has 6 rings (SSSR count). The molecule has 44 heavy (non-hydrogen) atoms. The largest absolute Gasteiger partial charge is 0.508 e. The first kappa shape index (κ1) is 29.5. The van der Waals surface area contributed by atoms with Crippen molar-refractivity contribution in [1.29, 1.82) is 0 Å². The van der Waals surface area contributed by atoms with Crippen molar-refractivity contribution < 1.29 is 54.1 Å². The minimum absolute atomic E-state index is 0.0146. The van der Waals surface area contributed by atoms with Crippen LogP contribution in [0.1, 0.15) is 28.4 Å². The molecule has 1 atom stereocenters. The predicted molar refractivity (Wildman–Crippen MR) is 156 cm³/mol. The first-order chi connectivity index (χ1) is 21.0. The molecule has 0 radical (unpaired) electrons. The third-order valence-electron chi connectivity index (χ3n) is 6.82. The molecule has 5 aromatic rings. The van der Waals surface area contributed by atoms with Crippen LogP contribution < -0.4 is 19.6 Å².